The van der Waals surface area contributed by atoms with Gasteiger partial charge in [-0.3, -0.25) is 4.98 Å². The van der Waals surface area contributed by atoms with Gasteiger partial charge in [-0.15, -0.1) is 0 Å². The summed E-state index contributed by atoms with van der Waals surface area (Å²) in [4.78, 5) is 23.7. The Morgan fingerprint density at radius 3 is 2.41 bits per heavy atom. The number of aromatic nitrogens is 2. The van der Waals surface area contributed by atoms with Gasteiger partial charge >= 0.3 is 5.97 Å². The van der Waals surface area contributed by atoms with E-state index in [0.717, 1.165) is 37.1 Å². The number of aryl methyl sites for hydroxylation is 2. The van der Waals surface area contributed by atoms with E-state index in [2.05, 4.69) is 28.7 Å². The zero-order valence-corrected chi connectivity index (χ0v) is 25.3. The lowest BCUT2D eigenvalue weighted by molar-refractivity contribution is -0.160. The molecule has 0 amide bonds. The van der Waals surface area contributed by atoms with Crippen LogP contribution in [0.25, 0.3) is 11.1 Å². The first-order valence-electron chi connectivity index (χ1n) is 14.2. The summed E-state index contributed by atoms with van der Waals surface area (Å²) < 4.78 is 27.2. The highest BCUT2D eigenvalue weighted by atomic mass is 19.1. The Labute approximate surface area is 242 Å². The Morgan fingerprint density at radius 1 is 1.12 bits per heavy atom. The first-order valence-corrected chi connectivity index (χ1v) is 14.2. The molecule has 1 N–H and O–H groups in total. The van der Waals surface area contributed by atoms with Crippen molar-refractivity contribution in [2.24, 2.45) is 5.41 Å². The van der Waals surface area contributed by atoms with E-state index in [0.29, 0.717) is 41.1 Å². The molecule has 3 aromatic rings. The second-order valence-corrected chi connectivity index (χ2v) is 12.7. The fourth-order valence-corrected chi connectivity index (χ4v) is 5.22. The topological polar surface area (TPSA) is 84.8 Å². The molecule has 1 saturated heterocycles. The lowest BCUT2D eigenvalue weighted by Crippen LogP contribution is -2.39. The Morgan fingerprint density at radius 2 is 1.80 bits per heavy atom. The van der Waals surface area contributed by atoms with Crippen LogP contribution in [0.4, 0.5) is 10.1 Å². The van der Waals surface area contributed by atoms with Crippen molar-refractivity contribution in [2.75, 3.05) is 24.6 Å². The number of benzene rings is 1. The predicted octanol–water partition coefficient (Wildman–Crippen LogP) is 7.09. The molecule has 3 heterocycles. The molecule has 1 aromatic carbocycles. The molecule has 1 fully saturated rings. The van der Waals surface area contributed by atoms with Gasteiger partial charge in [0.15, 0.2) is 11.9 Å². The van der Waals surface area contributed by atoms with Gasteiger partial charge in [0.05, 0.1) is 17.9 Å². The van der Waals surface area contributed by atoms with Crippen LogP contribution in [0.1, 0.15) is 75.9 Å². The van der Waals surface area contributed by atoms with Gasteiger partial charge in [-0.1, -0.05) is 38.1 Å². The average Bonchev–Trinajstić information content (AvgIpc) is 2.89. The van der Waals surface area contributed by atoms with Crippen LogP contribution < -0.4 is 9.64 Å². The van der Waals surface area contributed by atoms with Crippen LogP contribution in [0.2, 0.25) is 0 Å². The number of pyridine rings is 2. The molecule has 0 spiro atoms. The van der Waals surface area contributed by atoms with E-state index in [-0.39, 0.29) is 11.3 Å². The summed E-state index contributed by atoms with van der Waals surface area (Å²) in [6, 6.07) is 9.42. The number of hydrogen-bond donors (Lipinski definition) is 1. The third-order valence-electron chi connectivity index (χ3n) is 7.67. The number of anilines is 1. The van der Waals surface area contributed by atoms with Gasteiger partial charge in [-0.2, -0.15) is 0 Å². The maximum absolute atomic E-state index is 15.4. The van der Waals surface area contributed by atoms with Gasteiger partial charge < -0.3 is 19.5 Å². The molecule has 220 valence electrons. The number of carboxylic acids is 1. The number of halogens is 1. The molecule has 0 aliphatic carbocycles. The van der Waals surface area contributed by atoms with Crippen molar-refractivity contribution in [1.29, 1.82) is 0 Å². The summed E-state index contributed by atoms with van der Waals surface area (Å²) in [7, 11) is 0. The maximum Gasteiger partial charge on any atom is 0.337 e. The SMILES string of the molecule is Cc1ccccc1CCOc1ncc(-c2cnc(C)c(C(OC(C)(C)C)C(=O)O)c2N2CCC(C)(C)CC2)cc1F. The zero-order chi connectivity index (χ0) is 29.9. The number of ether oxygens (including phenoxy) is 2. The quantitative estimate of drug-likeness (QED) is 0.298. The first kappa shape index (κ1) is 30.4. The molecule has 0 radical (unpaired) electrons. The summed E-state index contributed by atoms with van der Waals surface area (Å²) in [6.45, 7) is 15.6. The van der Waals surface area contributed by atoms with E-state index in [9.17, 15) is 9.90 Å². The fourth-order valence-electron chi connectivity index (χ4n) is 5.22. The van der Waals surface area contributed by atoms with Crippen LogP contribution in [0.5, 0.6) is 5.88 Å². The van der Waals surface area contributed by atoms with Gasteiger partial charge in [0.2, 0.25) is 5.88 Å². The van der Waals surface area contributed by atoms with Crippen LogP contribution in [0.3, 0.4) is 0 Å². The molecule has 1 aliphatic heterocycles. The Hall–Kier alpha value is -3.52. The molecule has 41 heavy (non-hydrogen) atoms. The zero-order valence-electron chi connectivity index (χ0n) is 25.3. The van der Waals surface area contributed by atoms with Crippen molar-refractivity contribution in [1.82, 2.24) is 9.97 Å². The largest absolute Gasteiger partial charge is 0.479 e. The fraction of sp³-hybridized carbons (Fsp3) is 0.485. The van der Waals surface area contributed by atoms with E-state index in [1.54, 1.807) is 19.3 Å². The second kappa shape index (κ2) is 12.1. The third-order valence-corrected chi connectivity index (χ3v) is 7.67. The standard InChI is InChI=1S/C33H42FN3O4/c1-21-10-8-9-11-23(21)12-17-40-30-26(34)18-24(19-36-30)25-20-35-22(2)27(29(31(38)39)41-32(3,4)5)28(25)37-15-13-33(6,7)14-16-37/h8-11,18-20,29H,12-17H2,1-7H3,(H,38,39). The number of carbonyl (C=O) groups is 1. The summed E-state index contributed by atoms with van der Waals surface area (Å²) in [6.07, 6.45) is 4.52. The van der Waals surface area contributed by atoms with Crippen molar-refractivity contribution >= 4 is 11.7 Å². The summed E-state index contributed by atoms with van der Waals surface area (Å²) in [5, 5.41) is 10.3. The molecular formula is C33H42FN3O4. The van der Waals surface area contributed by atoms with Gasteiger partial charge in [-0.05, 0) is 70.1 Å². The van der Waals surface area contributed by atoms with Crippen LogP contribution in [0, 0.1) is 25.1 Å². The summed E-state index contributed by atoms with van der Waals surface area (Å²) >= 11 is 0. The monoisotopic (exact) mass is 563 g/mol. The Balaban J connectivity index is 1.72. The molecule has 2 aromatic heterocycles. The van der Waals surface area contributed by atoms with Crippen LogP contribution in [0.15, 0.2) is 42.7 Å². The Kier molecular flexibility index (Phi) is 9.02. The van der Waals surface area contributed by atoms with Crippen molar-refractivity contribution in [3.05, 3.63) is 70.9 Å². The number of rotatable bonds is 9. The first-order chi connectivity index (χ1) is 19.3. The van der Waals surface area contributed by atoms with E-state index in [4.69, 9.17) is 9.47 Å². The highest BCUT2D eigenvalue weighted by Gasteiger charge is 2.36. The summed E-state index contributed by atoms with van der Waals surface area (Å²) in [5.74, 6) is -1.74. The second-order valence-electron chi connectivity index (χ2n) is 12.7. The normalized spacial score (nSPS) is 16.0. The Bertz CT molecular complexity index is 1390. The molecule has 1 unspecified atom stereocenters. The number of aliphatic carboxylic acids is 1. The molecule has 0 bridgehead atoms. The van der Waals surface area contributed by atoms with Gasteiger partial charge in [0.1, 0.15) is 0 Å². The van der Waals surface area contributed by atoms with E-state index < -0.39 is 23.5 Å². The van der Waals surface area contributed by atoms with Crippen LogP contribution >= 0.6 is 0 Å². The molecule has 1 atom stereocenters. The molecule has 1 aliphatic rings. The van der Waals surface area contributed by atoms with Crippen molar-refractivity contribution in [2.45, 2.75) is 79.4 Å². The van der Waals surface area contributed by atoms with Crippen molar-refractivity contribution < 1.29 is 23.8 Å². The number of piperidine rings is 1. The number of nitrogens with zero attached hydrogens (tertiary/aromatic N) is 3. The molecular weight excluding hydrogens is 521 g/mol. The highest BCUT2D eigenvalue weighted by Crippen LogP contribution is 2.43. The third kappa shape index (κ3) is 7.41. The summed E-state index contributed by atoms with van der Waals surface area (Å²) in [5.41, 5.74) is 4.65. The van der Waals surface area contributed by atoms with Crippen molar-refractivity contribution in [3.8, 4) is 17.0 Å². The maximum atomic E-state index is 15.4. The highest BCUT2D eigenvalue weighted by molar-refractivity contribution is 5.86. The predicted molar refractivity (Wildman–Crippen MR) is 159 cm³/mol. The number of carboxylic acid groups (broad SMARTS) is 1. The van der Waals surface area contributed by atoms with E-state index in [1.807, 2.05) is 52.0 Å². The minimum absolute atomic E-state index is 0.0663. The van der Waals surface area contributed by atoms with E-state index >= 15 is 4.39 Å². The van der Waals surface area contributed by atoms with Gasteiger partial charge in [-0.25, -0.2) is 14.2 Å². The molecule has 8 heteroatoms. The van der Waals surface area contributed by atoms with Gasteiger partial charge in [0, 0.05) is 54.3 Å². The minimum atomic E-state index is -1.24. The molecule has 4 rings (SSSR count). The van der Waals surface area contributed by atoms with E-state index in [1.165, 1.54) is 6.07 Å². The number of hydrogen-bond acceptors (Lipinski definition) is 6. The van der Waals surface area contributed by atoms with Crippen LogP contribution in [-0.2, 0) is 16.0 Å². The van der Waals surface area contributed by atoms with Crippen LogP contribution in [-0.4, -0.2) is 46.3 Å². The molecule has 0 saturated carbocycles. The minimum Gasteiger partial charge on any atom is -0.479 e. The average molecular weight is 564 g/mol. The smallest absolute Gasteiger partial charge is 0.337 e. The van der Waals surface area contributed by atoms with Crippen molar-refractivity contribution in [3.63, 3.8) is 0 Å². The lowest BCUT2D eigenvalue weighted by Gasteiger charge is -2.40. The lowest BCUT2D eigenvalue weighted by atomic mass is 9.82. The molecule has 7 nitrogen and oxygen atoms in total. The van der Waals surface area contributed by atoms with Gasteiger partial charge in [0.25, 0.3) is 0 Å².